The predicted molar refractivity (Wildman–Crippen MR) is 94.8 cm³/mol. The molecule has 0 aromatic heterocycles. The zero-order valence-corrected chi connectivity index (χ0v) is 15.8. The lowest BCUT2D eigenvalue weighted by molar-refractivity contribution is 0.377. The molecule has 0 amide bonds. The van der Waals surface area contributed by atoms with Gasteiger partial charge in [0.15, 0.2) is 0 Å². The van der Waals surface area contributed by atoms with Gasteiger partial charge >= 0.3 is 6.02 Å². The molecule has 2 aliphatic carbocycles. The van der Waals surface area contributed by atoms with Crippen molar-refractivity contribution >= 4 is 28.0 Å². The third-order valence-corrected chi connectivity index (χ3v) is 6.62. The van der Waals surface area contributed by atoms with Crippen LogP contribution in [0.15, 0.2) is 4.99 Å². The van der Waals surface area contributed by atoms with Gasteiger partial charge < -0.3 is 14.1 Å². The molecule has 0 bridgehead atoms. The predicted octanol–water partition coefficient (Wildman–Crippen LogP) is 3.32. The van der Waals surface area contributed by atoms with Gasteiger partial charge in [-0.1, -0.05) is 38.5 Å². The molecule has 2 aliphatic rings. The van der Waals surface area contributed by atoms with Gasteiger partial charge in [0.25, 0.3) is 0 Å². The Morgan fingerprint density at radius 1 is 1.09 bits per heavy atom. The minimum atomic E-state index is -2.59. The highest BCUT2D eigenvalue weighted by Gasteiger charge is 2.22. The first-order valence-corrected chi connectivity index (χ1v) is 11.8. The van der Waals surface area contributed by atoms with Crippen LogP contribution in [0.1, 0.15) is 64.2 Å². The molecule has 0 aromatic carbocycles. The molecule has 6 nitrogen and oxygen atoms in total. The summed E-state index contributed by atoms with van der Waals surface area (Å²) < 4.78 is 32.4. The second kappa shape index (κ2) is 9.25. The highest BCUT2D eigenvalue weighted by Crippen LogP contribution is 2.43. The Bertz CT molecular complexity index is 420. The van der Waals surface area contributed by atoms with Crippen LogP contribution in [-0.4, -0.2) is 39.4 Å². The first-order chi connectivity index (χ1) is 10.9. The Kier molecular flexibility index (Phi) is 7.65. The fraction of sp³-hybridized carbons (Fsp3) is 0.933. The molecule has 0 saturated heterocycles. The lowest BCUT2D eigenvalue weighted by Gasteiger charge is -2.37. The number of rotatable bonds is 5. The van der Waals surface area contributed by atoms with E-state index in [1.165, 1.54) is 38.5 Å². The highest BCUT2D eigenvalue weighted by atomic mass is 32.3. The van der Waals surface area contributed by atoms with Crippen LogP contribution in [0.3, 0.4) is 0 Å². The molecule has 1 atom stereocenters. The van der Waals surface area contributed by atoms with E-state index in [0.717, 1.165) is 25.7 Å². The monoisotopic (exact) mass is 365 g/mol. The number of hydrogen-bond donors (Lipinski definition) is 1. The molecule has 0 heterocycles. The number of hydrogen-bond acceptors (Lipinski definition) is 5. The number of nitrogens with one attached hydrogen (secondary N) is 1. The van der Waals surface area contributed by atoms with Crippen LogP contribution >= 0.6 is 10.6 Å². The summed E-state index contributed by atoms with van der Waals surface area (Å²) in [6.07, 6.45) is 15.1. The second-order valence-electron chi connectivity index (χ2n) is 6.70. The summed E-state index contributed by atoms with van der Waals surface area (Å²) in [6.45, 7) is 0. The third-order valence-electron chi connectivity index (χ3n) is 4.31. The molecular formula is C15H29N2O4S2-. The average Bonchev–Trinajstić information content (AvgIpc) is 2.47. The normalized spacial score (nSPS) is 24.2. The number of aliphatic imine (C=N–C) groups is 1. The summed E-state index contributed by atoms with van der Waals surface area (Å²) in [7, 11) is -2.19. The van der Waals surface area contributed by atoms with E-state index in [4.69, 9.17) is 12.8 Å². The Labute approximate surface area is 144 Å². The molecule has 0 spiro atoms. The topological polar surface area (TPSA) is 83.0 Å². The Balaban J connectivity index is 2.02. The van der Waals surface area contributed by atoms with Crippen LogP contribution in [-0.2, 0) is 19.2 Å². The summed E-state index contributed by atoms with van der Waals surface area (Å²) in [5.41, 5.74) is 0. The zero-order chi connectivity index (χ0) is 16.7. The van der Waals surface area contributed by atoms with E-state index >= 15 is 0 Å². The number of nitrogens with zero attached hydrogens (tertiary/aromatic N) is 1. The maximum absolute atomic E-state index is 10.8. The maximum Gasteiger partial charge on any atom is 0.308 e. The minimum absolute atomic E-state index is 0.266. The van der Waals surface area contributed by atoms with Crippen LogP contribution < -0.4 is 5.32 Å². The summed E-state index contributed by atoms with van der Waals surface area (Å²) in [4.78, 5) is 4.75. The van der Waals surface area contributed by atoms with Crippen molar-refractivity contribution < 1.29 is 16.6 Å². The standard InChI is InChI=1S/C15H30N2O4S2/c1-23(2,21-22(18)19)20-15(16-13-9-5-3-6-10-13)17-14-11-7-4-8-12-14/h13-14H,3-12H2,1-2H3,(H,16,17)(H,18,19)/p-1. The summed E-state index contributed by atoms with van der Waals surface area (Å²) in [5.74, 6) is 0. The van der Waals surface area contributed by atoms with E-state index < -0.39 is 22.0 Å². The van der Waals surface area contributed by atoms with Crippen molar-refractivity contribution in [3.8, 4) is 0 Å². The van der Waals surface area contributed by atoms with Gasteiger partial charge in [0, 0.05) is 18.6 Å². The van der Waals surface area contributed by atoms with Crippen LogP contribution in [0.2, 0.25) is 0 Å². The van der Waals surface area contributed by atoms with Crippen LogP contribution in [0.4, 0.5) is 0 Å². The van der Waals surface area contributed by atoms with Crippen LogP contribution in [0.5, 0.6) is 0 Å². The van der Waals surface area contributed by atoms with Crippen molar-refractivity contribution in [3.63, 3.8) is 0 Å². The lowest BCUT2D eigenvalue weighted by Crippen LogP contribution is -2.39. The van der Waals surface area contributed by atoms with Crippen molar-refractivity contribution in [2.24, 2.45) is 4.99 Å². The molecule has 136 valence electrons. The number of amidine groups is 1. The van der Waals surface area contributed by atoms with Crippen molar-refractivity contribution in [2.45, 2.75) is 76.3 Å². The van der Waals surface area contributed by atoms with Gasteiger partial charge in [-0.3, -0.25) is 0 Å². The first kappa shape index (κ1) is 19.0. The summed E-state index contributed by atoms with van der Waals surface area (Å²) >= 11 is -2.59. The average molecular weight is 366 g/mol. The smallest absolute Gasteiger partial charge is 0.308 e. The molecule has 0 radical (unpaired) electrons. The van der Waals surface area contributed by atoms with Crippen molar-refractivity contribution in [2.75, 3.05) is 12.5 Å². The van der Waals surface area contributed by atoms with Crippen LogP contribution in [0.25, 0.3) is 0 Å². The molecule has 0 aliphatic heterocycles. The maximum atomic E-state index is 10.8. The van der Waals surface area contributed by atoms with E-state index in [0.29, 0.717) is 12.1 Å². The molecule has 23 heavy (non-hydrogen) atoms. The molecule has 8 heteroatoms. The molecule has 2 saturated carbocycles. The molecule has 1 N–H and O–H groups in total. The van der Waals surface area contributed by atoms with Gasteiger partial charge in [0.2, 0.25) is 0 Å². The van der Waals surface area contributed by atoms with Crippen molar-refractivity contribution in [1.29, 1.82) is 0 Å². The van der Waals surface area contributed by atoms with Gasteiger partial charge in [-0.25, -0.2) is 9.20 Å². The summed E-state index contributed by atoms with van der Waals surface area (Å²) in [5, 5.41) is 3.40. The molecule has 2 fully saturated rings. The minimum Gasteiger partial charge on any atom is -0.748 e. The molecule has 1 unspecified atom stereocenters. The highest BCUT2D eigenvalue weighted by molar-refractivity contribution is 8.27. The first-order valence-electron chi connectivity index (χ1n) is 8.51. The van der Waals surface area contributed by atoms with E-state index in [1.54, 1.807) is 12.5 Å². The Morgan fingerprint density at radius 3 is 2.22 bits per heavy atom. The van der Waals surface area contributed by atoms with Crippen molar-refractivity contribution in [1.82, 2.24) is 5.32 Å². The van der Waals surface area contributed by atoms with E-state index in [1.807, 2.05) is 0 Å². The van der Waals surface area contributed by atoms with Gasteiger partial charge in [-0.05, 0) is 25.7 Å². The Hall–Kier alpha value is -0.310. The fourth-order valence-electron chi connectivity index (χ4n) is 3.22. The quantitative estimate of drug-likeness (QED) is 0.459. The lowest BCUT2D eigenvalue weighted by atomic mass is 9.95. The van der Waals surface area contributed by atoms with E-state index in [9.17, 15) is 8.76 Å². The van der Waals surface area contributed by atoms with Gasteiger partial charge in [0.05, 0.1) is 6.04 Å². The Morgan fingerprint density at radius 2 is 1.65 bits per heavy atom. The third kappa shape index (κ3) is 7.41. The van der Waals surface area contributed by atoms with Gasteiger partial charge in [-0.2, -0.15) is 3.63 Å². The molecule has 2 rings (SSSR count). The fourth-order valence-corrected chi connectivity index (χ4v) is 4.87. The summed E-state index contributed by atoms with van der Waals surface area (Å²) in [6, 6.07) is 1.09. The van der Waals surface area contributed by atoms with Crippen molar-refractivity contribution in [3.05, 3.63) is 0 Å². The zero-order valence-electron chi connectivity index (χ0n) is 14.1. The van der Waals surface area contributed by atoms with Gasteiger partial charge in [0.1, 0.15) is 11.4 Å². The van der Waals surface area contributed by atoms with E-state index in [2.05, 4.69) is 5.32 Å². The molecular weight excluding hydrogens is 336 g/mol. The SMILES string of the molecule is CS(C)(OC(=NC1CCCCC1)NC1CCCCC1)OS(=O)[O-]. The largest absolute Gasteiger partial charge is 0.748 e. The van der Waals surface area contributed by atoms with E-state index in [-0.39, 0.29) is 6.04 Å². The molecule has 0 aromatic rings. The van der Waals surface area contributed by atoms with Crippen LogP contribution in [0, 0.1) is 0 Å². The van der Waals surface area contributed by atoms with Gasteiger partial charge in [-0.15, -0.1) is 10.6 Å². The second-order valence-corrected chi connectivity index (χ2v) is 10.1.